The molecule has 1 aromatic heterocycles. The van der Waals surface area contributed by atoms with Gasteiger partial charge in [-0.3, -0.25) is 14.4 Å². The van der Waals surface area contributed by atoms with E-state index in [0.717, 1.165) is 16.7 Å². The summed E-state index contributed by atoms with van der Waals surface area (Å²) in [6.45, 7) is 5.13. The van der Waals surface area contributed by atoms with Crippen LogP contribution in [-0.2, 0) is 43.7 Å². The van der Waals surface area contributed by atoms with Crippen molar-refractivity contribution in [1.29, 1.82) is 0 Å². The first-order valence-corrected chi connectivity index (χ1v) is 16.7. The summed E-state index contributed by atoms with van der Waals surface area (Å²) in [5.74, 6) is -1.96. The van der Waals surface area contributed by atoms with E-state index in [4.69, 9.17) is 32.8 Å². The van der Waals surface area contributed by atoms with Gasteiger partial charge < -0.3 is 32.8 Å². The third kappa shape index (κ3) is 7.75. The van der Waals surface area contributed by atoms with Crippen molar-refractivity contribution < 1.29 is 47.2 Å². The molecule has 0 unspecified atom stereocenters. The lowest BCUT2D eigenvalue weighted by Crippen LogP contribution is -2.63. The molecule has 0 aliphatic carbocycles. The van der Waals surface area contributed by atoms with E-state index in [1.807, 2.05) is 91.0 Å². The predicted octanol–water partition coefficient (Wildman–Crippen LogP) is 6.01. The standard InChI is InChI=1S/C41H38O11/c1-25-22-36(45)51-34-23-32(20-21-33(25)34)50-40-39(49-28(4)44)38(48-27(3)43)37(47-26(2)42)35(52-40)24-46-41(29-14-8-5-9-15-29,30-16-10-6-11-17-30)31-18-12-7-13-19-31/h5-23,35,37-40H,24H2,1-4H3/t35-,37+,38-,39-,40+/m0/s1. The lowest BCUT2D eigenvalue weighted by Gasteiger charge is -2.45. The summed E-state index contributed by atoms with van der Waals surface area (Å²) in [6.07, 6.45) is -6.63. The van der Waals surface area contributed by atoms with E-state index in [1.165, 1.54) is 32.9 Å². The molecular weight excluding hydrogens is 668 g/mol. The average molecular weight is 707 g/mol. The van der Waals surface area contributed by atoms with Gasteiger partial charge in [0.15, 0.2) is 12.2 Å². The van der Waals surface area contributed by atoms with Crippen LogP contribution in [0.25, 0.3) is 11.0 Å². The molecule has 0 spiro atoms. The minimum Gasteiger partial charge on any atom is -0.461 e. The van der Waals surface area contributed by atoms with Crippen molar-refractivity contribution in [3.8, 4) is 5.75 Å². The van der Waals surface area contributed by atoms with Gasteiger partial charge >= 0.3 is 23.5 Å². The third-order valence-corrected chi connectivity index (χ3v) is 8.68. The highest BCUT2D eigenvalue weighted by Crippen LogP contribution is 2.42. The molecular formula is C41H38O11. The maximum absolute atomic E-state index is 12.6. The Hall–Kier alpha value is -5.78. The number of ether oxygens (including phenoxy) is 6. The van der Waals surface area contributed by atoms with Crippen molar-refractivity contribution in [1.82, 2.24) is 0 Å². The highest BCUT2D eigenvalue weighted by Gasteiger charge is 2.54. The quantitative estimate of drug-likeness (QED) is 0.0692. The number of carbonyl (C=O) groups is 3. The molecule has 0 radical (unpaired) electrons. The molecule has 2 heterocycles. The first-order valence-electron chi connectivity index (χ1n) is 16.7. The topological polar surface area (TPSA) is 137 Å². The molecule has 0 saturated carbocycles. The van der Waals surface area contributed by atoms with E-state index in [9.17, 15) is 19.2 Å². The van der Waals surface area contributed by atoms with Crippen molar-refractivity contribution in [3.63, 3.8) is 0 Å². The zero-order valence-corrected chi connectivity index (χ0v) is 29.1. The Bertz CT molecular complexity index is 1980. The van der Waals surface area contributed by atoms with Gasteiger partial charge in [0, 0.05) is 38.3 Å². The van der Waals surface area contributed by atoms with Gasteiger partial charge in [-0.05, 0) is 41.3 Å². The van der Waals surface area contributed by atoms with Crippen LogP contribution in [0.3, 0.4) is 0 Å². The number of hydrogen-bond donors (Lipinski definition) is 0. The predicted molar refractivity (Wildman–Crippen MR) is 188 cm³/mol. The molecule has 11 heteroatoms. The van der Waals surface area contributed by atoms with E-state index < -0.39 is 59.8 Å². The molecule has 6 rings (SSSR count). The molecule has 5 aromatic rings. The highest BCUT2D eigenvalue weighted by atomic mass is 16.7. The fraction of sp³-hybridized carbons (Fsp3) is 0.268. The summed E-state index contributed by atoms with van der Waals surface area (Å²) in [5.41, 5.74) is 1.66. The maximum atomic E-state index is 12.6. The van der Waals surface area contributed by atoms with Crippen LogP contribution in [0.5, 0.6) is 5.75 Å². The van der Waals surface area contributed by atoms with Crippen LogP contribution in [0, 0.1) is 6.92 Å². The molecule has 1 saturated heterocycles. The SMILES string of the molecule is CC(=O)O[C@@H]1[C@H](OC(C)=O)[C@H](Oc2ccc3c(C)cc(=O)oc3c2)O[C@@H](COC(c2ccccc2)(c2ccccc2)c2ccccc2)[C@H]1OC(C)=O. The van der Waals surface area contributed by atoms with E-state index in [0.29, 0.717) is 10.9 Å². The van der Waals surface area contributed by atoms with Crippen molar-refractivity contribution in [3.05, 3.63) is 148 Å². The van der Waals surface area contributed by atoms with Gasteiger partial charge in [0.1, 0.15) is 23.0 Å². The number of fused-ring (bicyclic) bond motifs is 1. The zero-order valence-electron chi connectivity index (χ0n) is 29.1. The van der Waals surface area contributed by atoms with Crippen molar-refractivity contribution in [2.75, 3.05) is 6.61 Å². The fourth-order valence-corrected chi connectivity index (χ4v) is 6.57. The smallest absolute Gasteiger partial charge is 0.336 e. The molecule has 4 aromatic carbocycles. The fourth-order valence-electron chi connectivity index (χ4n) is 6.57. The van der Waals surface area contributed by atoms with Crippen LogP contribution >= 0.6 is 0 Å². The molecule has 268 valence electrons. The van der Waals surface area contributed by atoms with Crippen molar-refractivity contribution in [2.45, 2.75) is 64.0 Å². The van der Waals surface area contributed by atoms with Crippen LogP contribution in [0.2, 0.25) is 0 Å². The molecule has 0 amide bonds. The normalized spacial score (nSPS) is 20.1. The minimum absolute atomic E-state index is 0.197. The number of carbonyl (C=O) groups excluding carboxylic acids is 3. The average Bonchev–Trinajstić information content (AvgIpc) is 3.12. The number of benzene rings is 4. The lowest BCUT2D eigenvalue weighted by atomic mass is 9.80. The Morgan fingerprint density at radius 1 is 0.654 bits per heavy atom. The van der Waals surface area contributed by atoms with Gasteiger partial charge in [-0.1, -0.05) is 91.0 Å². The van der Waals surface area contributed by atoms with E-state index in [2.05, 4.69) is 0 Å². The van der Waals surface area contributed by atoms with Gasteiger partial charge in [-0.2, -0.15) is 0 Å². The number of esters is 3. The molecule has 1 aliphatic rings. The molecule has 5 atom stereocenters. The third-order valence-electron chi connectivity index (χ3n) is 8.68. The van der Waals surface area contributed by atoms with E-state index >= 15 is 0 Å². The summed E-state index contributed by atoms with van der Waals surface area (Å²) in [7, 11) is 0. The molecule has 1 aliphatic heterocycles. The highest BCUT2D eigenvalue weighted by molar-refractivity contribution is 5.81. The summed E-state index contributed by atoms with van der Waals surface area (Å²) >= 11 is 0. The maximum Gasteiger partial charge on any atom is 0.336 e. The Balaban J connectivity index is 1.45. The summed E-state index contributed by atoms with van der Waals surface area (Å²) in [5, 5.41) is 0.686. The molecule has 52 heavy (non-hydrogen) atoms. The van der Waals surface area contributed by atoms with Crippen LogP contribution < -0.4 is 10.4 Å². The van der Waals surface area contributed by atoms with Gasteiger partial charge in [-0.15, -0.1) is 0 Å². The molecule has 0 N–H and O–H groups in total. The van der Waals surface area contributed by atoms with Crippen molar-refractivity contribution >= 4 is 28.9 Å². The number of hydrogen-bond acceptors (Lipinski definition) is 11. The molecule has 1 fully saturated rings. The Labute approximate surface area is 300 Å². The van der Waals surface area contributed by atoms with Gasteiger partial charge in [0.05, 0.1) is 6.61 Å². The van der Waals surface area contributed by atoms with Gasteiger partial charge in [-0.25, -0.2) is 4.79 Å². The van der Waals surface area contributed by atoms with Crippen LogP contribution in [0.4, 0.5) is 0 Å². The molecule has 0 bridgehead atoms. The first-order chi connectivity index (χ1) is 25.0. The number of rotatable bonds is 11. The second-order valence-corrected chi connectivity index (χ2v) is 12.4. The first kappa shape index (κ1) is 36.0. The summed E-state index contributed by atoms with van der Waals surface area (Å²) in [6, 6.07) is 35.2. The second kappa shape index (κ2) is 15.6. The minimum atomic E-state index is -1.41. The second-order valence-electron chi connectivity index (χ2n) is 12.4. The summed E-state index contributed by atoms with van der Waals surface area (Å²) < 4.78 is 42.4. The summed E-state index contributed by atoms with van der Waals surface area (Å²) in [4.78, 5) is 49.8. The van der Waals surface area contributed by atoms with E-state index in [1.54, 1.807) is 19.1 Å². The van der Waals surface area contributed by atoms with Crippen LogP contribution in [-0.4, -0.2) is 55.2 Å². The molecule has 11 nitrogen and oxygen atoms in total. The largest absolute Gasteiger partial charge is 0.461 e. The van der Waals surface area contributed by atoms with Crippen LogP contribution in [0.15, 0.2) is 124 Å². The monoisotopic (exact) mass is 706 g/mol. The van der Waals surface area contributed by atoms with E-state index in [-0.39, 0.29) is 17.9 Å². The Morgan fingerprint density at radius 2 is 1.15 bits per heavy atom. The van der Waals surface area contributed by atoms with Gasteiger partial charge in [0.2, 0.25) is 12.4 Å². The Morgan fingerprint density at radius 3 is 1.67 bits per heavy atom. The van der Waals surface area contributed by atoms with Gasteiger partial charge in [0.25, 0.3) is 0 Å². The van der Waals surface area contributed by atoms with Crippen LogP contribution in [0.1, 0.15) is 43.0 Å². The Kier molecular flexibility index (Phi) is 10.8. The zero-order chi connectivity index (χ0) is 36.8. The lowest BCUT2D eigenvalue weighted by molar-refractivity contribution is -0.292. The van der Waals surface area contributed by atoms with Crippen molar-refractivity contribution in [2.24, 2.45) is 0 Å². The number of aryl methyl sites for hydroxylation is 1.